The number of hydrogen-bond acceptors (Lipinski definition) is 5. The fourth-order valence-electron chi connectivity index (χ4n) is 4.05. The highest BCUT2D eigenvalue weighted by atomic mass is 35.5. The summed E-state index contributed by atoms with van der Waals surface area (Å²) in [5, 5.41) is 0.516. The molecule has 2 aliphatic heterocycles. The van der Waals surface area contributed by atoms with Crippen LogP contribution in [0, 0.1) is 0 Å². The van der Waals surface area contributed by atoms with Crippen molar-refractivity contribution in [1.82, 2.24) is 4.90 Å². The Bertz CT molecular complexity index is 1030. The predicted molar refractivity (Wildman–Crippen MR) is 121 cm³/mol. The van der Waals surface area contributed by atoms with Gasteiger partial charge in [-0.1, -0.05) is 17.7 Å². The maximum absolute atomic E-state index is 13.1. The van der Waals surface area contributed by atoms with Crippen LogP contribution in [0.15, 0.2) is 42.5 Å². The Morgan fingerprint density at radius 1 is 1.12 bits per heavy atom. The zero-order chi connectivity index (χ0) is 22.7. The summed E-state index contributed by atoms with van der Waals surface area (Å²) in [5.74, 6) is 0.294. The summed E-state index contributed by atoms with van der Waals surface area (Å²) >= 11 is 5.95. The second kappa shape index (κ2) is 9.61. The first-order chi connectivity index (χ1) is 15.4. The largest absolute Gasteiger partial charge is 0.485 e. The number of carbonyl (C=O) groups is 3. The van der Waals surface area contributed by atoms with Crippen LogP contribution < -0.4 is 14.4 Å². The lowest BCUT2D eigenvalue weighted by Crippen LogP contribution is -2.53. The van der Waals surface area contributed by atoms with E-state index in [0.29, 0.717) is 40.9 Å². The number of ether oxygens (including phenoxy) is 2. The topological polar surface area (TPSA) is 76.2 Å². The predicted octanol–water partition coefficient (Wildman–Crippen LogP) is 3.73. The first kappa shape index (κ1) is 22.1. The fourth-order valence-corrected chi connectivity index (χ4v) is 4.23. The van der Waals surface area contributed by atoms with Gasteiger partial charge in [-0.15, -0.1) is 0 Å². The van der Waals surface area contributed by atoms with E-state index in [-0.39, 0.29) is 30.8 Å². The van der Waals surface area contributed by atoms with Crippen LogP contribution in [0.25, 0.3) is 0 Å². The van der Waals surface area contributed by atoms with E-state index in [1.165, 1.54) is 4.90 Å². The molecule has 0 saturated carbocycles. The summed E-state index contributed by atoms with van der Waals surface area (Å²) < 4.78 is 11.1. The van der Waals surface area contributed by atoms with E-state index in [1.807, 2.05) is 4.90 Å². The lowest BCUT2D eigenvalue weighted by Gasteiger charge is -2.37. The molecule has 2 aliphatic rings. The van der Waals surface area contributed by atoms with Gasteiger partial charge < -0.3 is 14.4 Å². The van der Waals surface area contributed by atoms with Gasteiger partial charge in [0, 0.05) is 23.7 Å². The molecule has 2 heterocycles. The van der Waals surface area contributed by atoms with Gasteiger partial charge in [0.1, 0.15) is 17.5 Å². The van der Waals surface area contributed by atoms with Crippen LogP contribution in [0.5, 0.6) is 11.5 Å². The van der Waals surface area contributed by atoms with Gasteiger partial charge >= 0.3 is 0 Å². The first-order valence-corrected chi connectivity index (χ1v) is 11.1. The molecule has 1 atom stereocenters. The van der Waals surface area contributed by atoms with E-state index in [1.54, 1.807) is 49.4 Å². The Hall–Kier alpha value is -3.06. The van der Waals surface area contributed by atoms with Gasteiger partial charge in [-0.25, -0.2) is 0 Å². The number of ketones is 1. The third-order valence-corrected chi connectivity index (χ3v) is 5.97. The molecule has 2 aromatic rings. The molecule has 1 fully saturated rings. The van der Waals surface area contributed by atoms with Gasteiger partial charge in [0.25, 0.3) is 5.91 Å². The summed E-state index contributed by atoms with van der Waals surface area (Å²) in [4.78, 5) is 41.8. The van der Waals surface area contributed by atoms with Crippen LogP contribution in [-0.2, 0) is 9.59 Å². The Labute approximate surface area is 191 Å². The van der Waals surface area contributed by atoms with E-state index in [2.05, 4.69) is 0 Å². The van der Waals surface area contributed by atoms with E-state index in [4.69, 9.17) is 21.1 Å². The van der Waals surface area contributed by atoms with E-state index < -0.39 is 6.04 Å². The smallest absolute Gasteiger partial charge is 0.265 e. The minimum Gasteiger partial charge on any atom is -0.485 e. The average molecular weight is 457 g/mol. The lowest BCUT2D eigenvalue weighted by molar-refractivity contribution is -0.135. The number of benzene rings is 2. The minimum absolute atomic E-state index is 0.0908. The van der Waals surface area contributed by atoms with Crippen molar-refractivity contribution in [3.05, 3.63) is 53.1 Å². The molecule has 2 aromatic carbocycles. The highest BCUT2D eigenvalue weighted by Crippen LogP contribution is 2.35. The van der Waals surface area contributed by atoms with Gasteiger partial charge in [-0.05, 0) is 62.6 Å². The van der Waals surface area contributed by atoms with Crippen molar-refractivity contribution in [2.45, 2.75) is 32.2 Å². The number of piperidine rings is 1. The summed E-state index contributed by atoms with van der Waals surface area (Å²) in [6.45, 7) is 2.80. The molecule has 0 bridgehead atoms. The molecule has 0 unspecified atom stereocenters. The number of carbonyl (C=O) groups excluding carboxylic acids is 3. The zero-order valence-electron chi connectivity index (χ0n) is 17.9. The van der Waals surface area contributed by atoms with Crippen LogP contribution in [0.1, 0.15) is 36.5 Å². The first-order valence-electron chi connectivity index (χ1n) is 10.7. The Balaban J connectivity index is 1.53. The second-order valence-corrected chi connectivity index (χ2v) is 8.40. The van der Waals surface area contributed by atoms with E-state index >= 15 is 0 Å². The van der Waals surface area contributed by atoms with Crippen LogP contribution in [0.3, 0.4) is 0 Å². The summed E-state index contributed by atoms with van der Waals surface area (Å²) in [5.41, 5.74) is 0.791. The number of rotatable bonds is 6. The maximum Gasteiger partial charge on any atom is 0.265 e. The monoisotopic (exact) mass is 456 g/mol. The van der Waals surface area contributed by atoms with Crippen molar-refractivity contribution in [3.63, 3.8) is 0 Å². The number of halogens is 1. The highest BCUT2D eigenvalue weighted by molar-refractivity contribution is 6.30. The van der Waals surface area contributed by atoms with Crippen molar-refractivity contribution >= 4 is 34.9 Å². The molecule has 32 heavy (non-hydrogen) atoms. The molecule has 2 amide bonds. The summed E-state index contributed by atoms with van der Waals surface area (Å²) in [6.07, 6.45) is 3.05. The molecule has 7 nitrogen and oxygen atoms in total. The van der Waals surface area contributed by atoms with Crippen LogP contribution in [0.4, 0.5) is 5.69 Å². The lowest BCUT2D eigenvalue weighted by atomic mass is 10.1. The fraction of sp³-hybridized carbons (Fsp3) is 0.375. The normalized spacial score (nSPS) is 16.8. The second-order valence-electron chi connectivity index (χ2n) is 7.97. The molecule has 8 heteroatoms. The molecule has 0 radical (unpaired) electrons. The summed E-state index contributed by atoms with van der Waals surface area (Å²) in [7, 11) is 0. The number of fused-ring (bicyclic) bond motifs is 1. The number of hydrogen-bond donors (Lipinski definition) is 0. The summed E-state index contributed by atoms with van der Waals surface area (Å²) in [6, 6.07) is 11.0. The quantitative estimate of drug-likeness (QED) is 0.619. The molecule has 168 valence electrons. The third-order valence-electron chi connectivity index (χ3n) is 5.74. The van der Waals surface area contributed by atoms with Gasteiger partial charge in [-0.2, -0.15) is 0 Å². The number of likely N-dealkylation sites (tertiary alicyclic amines) is 1. The van der Waals surface area contributed by atoms with Crippen LogP contribution >= 0.6 is 11.6 Å². The molecular weight excluding hydrogens is 432 g/mol. The minimum atomic E-state index is -0.684. The van der Waals surface area contributed by atoms with Crippen LogP contribution in [-0.4, -0.2) is 54.8 Å². The van der Waals surface area contributed by atoms with Gasteiger partial charge in [-0.3, -0.25) is 19.3 Å². The average Bonchev–Trinajstić information content (AvgIpc) is 2.82. The van der Waals surface area contributed by atoms with Gasteiger partial charge in [0.2, 0.25) is 5.91 Å². The molecule has 4 rings (SSSR count). The highest BCUT2D eigenvalue weighted by Gasteiger charge is 2.35. The van der Waals surface area contributed by atoms with Crippen molar-refractivity contribution in [2.75, 3.05) is 31.2 Å². The van der Waals surface area contributed by atoms with Crippen LogP contribution in [0.2, 0.25) is 5.02 Å². The molecular formula is C24H25ClN2O5. The number of nitrogens with zero attached hydrogens (tertiary/aromatic N) is 2. The van der Waals surface area contributed by atoms with Crippen molar-refractivity contribution in [3.8, 4) is 11.5 Å². The van der Waals surface area contributed by atoms with Crippen molar-refractivity contribution < 1.29 is 23.9 Å². The molecule has 0 N–H and O–H groups in total. The zero-order valence-corrected chi connectivity index (χ0v) is 18.6. The van der Waals surface area contributed by atoms with Crippen molar-refractivity contribution in [2.24, 2.45) is 0 Å². The van der Waals surface area contributed by atoms with Gasteiger partial charge in [0.05, 0.1) is 5.69 Å². The SMILES string of the molecule is C[C@H](C(=O)N1CCCCC1)N1C(=O)COc2ccc(C(=O)COc3cccc(Cl)c3)cc21. The van der Waals surface area contributed by atoms with E-state index in [9.17, 15) is 14.4 Å². The number of anilines is 1. The molecule has 0 aromatic heterocycles. The third kappa shape index (κ3) is 4.72. The van der Waals surface area contributed by atoms with E-state index in [0.717, 1.165) is 19.3 Å². The Kier molecular flexibility index (Phi) is 6.65. The Morgan fingerprint density at radius 3 is 2.66 bits per heavy atom. The Morgan fingerprint density at radius 2 is 1.91 bits per heavy atom. The molecule has 1 saturated heterocycles. The number of Topliss-reactive ketones (excluding diaryl/α,β-unsaturated/α-hetero) is 1. The number of amides is 2. The standard InChI is InChI=1S/C24H25ClN2O5/c1-16(24(30)26-10-3-2-4-11-26)27-20-12-17(8-9-22(20)32-15-23(27)29)21(28)14-31-19-7-5-6-18(25)13-19/h5-9,12-13,16H,2-4,10-11,14-15H2,1H3/t16-/m1/s1. The molecule has 0 aliphatic carbocycles. The van der Waals surface area contributed by atoms with Gasteiger partial charge in [0.15, 0.2) is 19.0 Å². The van der Waals surface area contributed by atoms with Crippen molar-refractivity contribution in [1.29, 1.82) is 0 Å². The molecule has 0 spiro atoms. The maximum atomic E-state index is 13.1.